The van der Waals surface area contributed by atoms with E-state index in [0.717, 1.165) is 43.3 Å². The number of nitrogens with zero attached hydrogens (tertiary/aromatic N) is 2. The number of unbranched alkanes of at least 4 members (excludes halogenated alkanes) is 1. The molecular weight excluding hydrogens is 204 g/mol. The number of rotatable bonds is 6. The van der Waals surface area contributed by atoms with E-state index in [4.69, 9.17) is 0 Å². The number of quaternary nitrogens is 1. The maximum Gasteiger partial charge on any atom is 0.324 e. The maximum absolute atomic E-state index is 11.3. The first-order valence-corrected chi connectivity index (χ1v) is 6.03. The minimum absolute atomic E-state index is 0.551. The third-order valence-corrected chi connectivity index (χ3v) is 3.66. The number of hydrogen-bond donors (Lipinski definition) is 1. The lowest BCUT2D eigenvalue weighted by atomic mass is 9.80. The van der Waals surface area contributed by atoms with Crippen molar-refractivity contribution < 1.29 is 14.4 Å². The number of carbonyl (C=O) groups is 1. The van der Waals surface area contributed by atoms with Crippen molar-refractivity contribution in [1.29, 1.82) is 0 Å². The molecule has 0 saturated carbocycles. The van der Waals surface area contributed by atoms with Gasteiger partial charge in [0.25, 0.3) is 0 Å². The monoisotopic (exact) mass is 229 g/mol. The largest absolute Gasteiger partial charge is 0.480 e. The lowest BCUT2D eigenvalue weighted by Crippen LogP contribution is -2.62. The fourth-order valence-corrected chi connectivity index (χ4v) is 2.30. The van der Waals surface area contributed by atoms with Crippen molar-refractivity contribution in [3.8, 4) is 0 Å². The molecule has 0 aromatic heterocycles. The van der Waals surface area contributed by atoms with Gasteiger partial charge < -0.3 is 9.59 Å². The predicted molar refractivity (Wildman–Crippen MR) is 64.4 cm³/mol. The Morgan fingerprint density at radius 3 is 2.31 bits per heavy atom. The molecule has 0 amide bonds. The summed E-state index contributed by atoms with van der Waals surface area (Å²) in [5.74, 6) is -0.647. The van der Waals surface area contributed by atoms with Crippen molar-refractivity contribution in [3.05, 3.63) is 0 Å². The molecule has 16 heavy (non-hydrogen) atoms. The van der Waals surface area contributed by atoms with Gasteiger partial charge in [-0.05, 0) is 32.7 Å². The summed E-state index contributed by atoms with van der Waals surface area (Å²) < 4.78 is 0.954. The average molecular weight is 229 g/mol. The lowest BCUT2D eigenvalue weighted by molar-refractivity contribution is -0.870. The first-order chi connectivity index (χ1) is 7.28. The molecule has 0 unspecified atom stereocenters. The predicted octanol–water partition coefficient (Wildman–Crippen LogP) is 1.02. The molecule has 1 atom stereocenters. The van der Waals surface area contributed by atoms with Crippen LogP contribution in [0.2, 0.25) is 0 Å². The van der Waals surface area contributed by atoms with Gasteiger partial charge in [0.05, 0.1) is 27.7 Å². The zero-order chi connectivity index (χ0) is 12.4. The second-order valence-electron chi connectivity index (χ2n) is 5.98. The molecule has 0 radical (unpaired) electrons. The van der Waals surface area contributed by atoms with E-state index in [1.54, 1.807) is 0 Å². The topological polar surface area (TPSA) is 40.5 Å². The molecule has 4 nitrogen and oxygen atoms in total. The fraction of sp³-hybridized carbons (Fsp3) is 0.917. The van der Waals surface area contributed by atoms with E-state index in [-0.39, 0.29) is 0 Å². The van der Waals surface area contributed by atoms with Crippen molar-refractivity contribution in [2.24, 2.45) is 0 Å². The Bertz CT molecular complexity index is 260. The first kappa shape index (κ1) is 13.5. The molecule has 94 valence electrons. The standard InChI is InChI=1S/C12H24N2O2/c1-13-9-8-12(13,11(15)16)7-5-6-10-14(2,3)4/h5-10H2,1-4H3/p+1/t12-/m1/s1. The molecule has 4 heteroatoms. The first-order valence-electron chi connectivity index (χ1n) is 6.03. The van der Waals surface area contributed by atoms with Crippen LogP contribution in [0.25, 0.3) is 0 Å². The molecule has 1 rings (SSSR count). The summed E-state index contributed by atoms with van der Waals surface area (Å²) in [5.41, 5.74) is -0.551. The van der Waals surface area contributed by atoms with Gasteiger partial charge in [0.15, 0.2) is 0 Å². The molecule has 1 fully saturated rings. The van der Waals surface area contributed by atoms with Gasteiger partial charge in [0.1, 0.15) is 5.54 Å². The van der Waals surface area contributed by atoms with Crippen LogP contribution < -0.4 is 0 Å². The third-order valence-electron chi connectivity index (χ3n) is 3.66. The Morgan fingerprint density at radius 2 is 2.00 bits per heavy atom. The number of aliphatic carboxylic acids is 1. The Balaban J connectivity index is 2.33. The Labute approximate surface area is 98.4 Å². The normalized spacial score (nSPS) is 26.5. The number of likely N-dealkylation sites (tertiary alicyclic amines) is 1. The molecule has 1 N–H and O–H groups in total. The Hall–Kier alpha value is -0.610. The van der Waals surface area contributed by atoms with Crippen molar-refractivity contribution in [2.45, 2.75) is 31.2 Å². The fourth-order valence-electron chi connectivity index (χ4n) is 2.30. The van der Waals surface area contributed by atoms with Crippen molar-refractivity contribution in [2.75, 3.05) is 41.3 Å². The minimum atomic E-state index is -0.647. The summed E-state index contributed by atoms with van der Waals surface area (Å²) in [6.07, 6.45) is 3.71. The summed E-state index contributed by atoms with van der Waals surface area (Å²) in [5, 5.41) is 9.27. The van der Waals surface area contributed by atoms with Crippen LogP contribution in [-0.2, 0) is 4.79 Å². The summed E-state index contributed by atoms with van der Waals surface area (Å²) in [4.78, 5) is 13.2. The molecule has 0 aliphatic carbocycles. The van der Waals surface area contributed by atoms with Crippen LogP contribution in [0.1, 0.15) is 25.7 Å². The van der Waals surface area contributed by atoms with Crippen LogP contribution in [0.3, 0.4) is 0 Å². The minimum Gasteiger partial charge on any atom is -0.480 e. The summed E-state index contributed by atoms with van der Waals surface area (Å²) in [7, 11) is 8.42. The van der Waals surface area contributed by atoms with Crippen molar-refractivity contribution in [1.82, 2.24) is 4.90 Å². The van der Waals surface area contributed by atoms with E-state index in [2.05, 4.69) is 21.1 Å². The molecule has 0 aromatic carbocycles. The molecule has 1 aliphatic rings. The summed E-state index contributed by atoms with van der Waals surface area (Å²) >= 11 is 0. The van der Waals surface area contributed by atoms with E-state index >= 15 is 0 Å². The van der Waals surface area contributed by atoms with E-state index in [1.165, 1.54) is 0 Å². The van der Waals surface area contributed by atoms with E-state index < -0.39 is 11.5 Å². The number of likely N-dealkylation sites (N-methyl/N-ethyl adjacent to an activating group) is 1. The lowest BCUT2D eigenvalue weighted by Gasteiger charge is -2.47. The molecule has 1 saturated heterocycles. The highest BCUT2D eigenvalue weighted by molar-refractivity contribution is 5.80. The van der Waals surface area contributed by atoms with Crippen LogP contribution in [0, 0.1) is 0 Å². The second kappa shape index (κ2) is 4.72. The Morgan fingerprint density at radius 1 is 1.38 bits per heavy atom. The average Bonchev–Trinajstić information content (AvgIpc) is 2.13. The third kappa shape index (κ3) is 2.95. The highest BCUT2D eigenvalue weighted by Crippen LogP contribution is 2.34. The SMILES string of the molecule is CN1CC[C@]1(CCCC[N+](C)(C)C)C(=O)O. The van der Waals surface area contributed by atoms with Gasteiger partial charge in [-0.25, -0.2) is 0 Å². The van der Waals surface area contributed by atoms with Gasteiger partial charge in [0.2, 0.25) is 0 Å². The van der Waals surface area contributed by atoms with E-state index in [0.29, 0.717) is 0 Å². The molecule has 1 heterocycles. The smallest absolute Gasteiger partial charge is 0.324 e. The van der Waals surface area contributed by atoms with Crippen LogP contribution in [0.15, 0.2) is 0 Å². The Kier molecular flexibility index (Phi) is 3.97. The highest BCUT2D eigenvalue weighted by atomic mass is 16.4. The van der Waals surface area contributed by atoms with Crippen LogP contribution in [0.4, 0.5) is 0 Å². The van der Waals surface area contributed by atoms with Crippen LogP contribution in [-0.4, -0.2) is 67.3 Å². The van der Waals surface area contributed by atoms with Gasteiger partial charge in [0, 0.05) is 6.54 Å². The molecule has 0 bridgehead atoms. The van der Waals surface area contributed by atoms with Crippen LogP contribution in [0.5, 0.6) is 0 Å². The van der Waals surface area contributed by atoms with Crippen molar-refractivity contribution in [3.63, 3.8) is 0 Å². The zero-order valence-electron chi connectivity index (χ0n) is 11.0. The number of carboxylic acid groups (broad SMARTS) is 1. The summed E-state index contributed by atoms with van der Waals surface area (Å²) in [6.45, 7) is 2.03. The van der Waals surface area contributed by atoms with Gasteiger partial charge in [-0.1, -0.05) is 0 Å². The van der Waals surface area contributed by atoms with E-state index in [9.17, 15) is 9.90 Å². The molecule has 1 aliphatic heterocycles. The summed E-state index contributed by atoms with van der Waals surface area (Å²) in [6, 6.07) is 0. The van der Waals surface area contributed by atoms with Gasteiger partial charge in [-0.3, -0.25) is 9.69 Å². The number of carboxylic acids is 1. The number of hydrogen-bond acceptors (Lipinski definition) is 2. The quantitative estimate of drug-likeness (QED) is 0.546. The molecule has 0 aromatic rings. The molecule has 0 spiro atoms. The zero-order valence-corrected chi connectivity index (χ0v) is 11.0. The maximum atomic E-state index is 11.3. The highest BCUT2D eigenvalue weighted by Gasteiger charge is 2.48. The van der Waals surface area contributed by atoms with Gasteiger partial charge in [-0.2, -0.15) is 0 Å². The van der Waals surface area contributed by atoms with Gasteiger partial charge >= 0.3 is 5.97 Å². The van der Waals surface area contributed by atoms with Gasteiger partial charge in [-0.15, -0.1) is 0 Å². The second-order valence-corrected chi connectivity index (χ2v) is 5.98. The molecular formula is C12H25N2O2+. The van der Waals surface area contributed by atoms with E-state index in [1.807, 2.05) is 11.9 Å². The van der Waals surface area contributed by atoms with Crippen LogP contribution >= 0.6 is 0 Å². The van der Waals surface area contributed by atoms with Crippen molar-refractivity contribution >= 4 is 5.97 Å².